The average molecular weight is 166 g/mol. The number of rotatable bonds is 1. The monoisotopic (exact) mass is 166 g/mol. The lowest BCUT2D eigenvalue weighted by Crippen LogP contribution is -2.24. The Kier molecular flexibility index (Phi) is 1.70. The summed E-state index contributed by atoms with van der Waals surface area (Å²) in [5, 5.41) is 9.80. The highest BCUT2D eigenvalue weighted by Gasteiger charge is 2.26. The van der Waals surface area contributed by atoms with Gasteiger partial charge in [-0.05, 0) is 25.6 Å². The summed E-state index contributed by atoms with van der Waals surface area (Å²) in [4.78, 5) is 2.03. The summed E-state index contributed by atoms with van der Waals surface area (Å²) in [6.45, 7) is 5.84. The van der Waals surface area contributed by atoms with Crippen LogP contribution in [0.3, 0.4) is 0 Å². The van der Waals surface area contributed by atoms with Crippen LogP contribution < -0.4 is 0 Å². The van der Waals surface area contributed by atoms with Crippen molar-refractivity contribution in [3.8, 4) is 0 Å². The van der Waals surface area contributed by atoms with Crippen LogP contribution in [0.1, 0.15) is 24.7 Å². The summed E-state index contributed by atoms with van der Waals surface area (Å²) in [7, 11) is 0. The van der Waals surface area contributed by atoms with Gasteiger partial charge in [-0.25, -0.2) is 0 Å². The Hall–Kier alpha value is -0.800. The van der Waals surface area contributed by atoms with Crippen molar-refractivity contribution in [3.05, 3.63) is 23.5 Å². The highest BCUT2D eigenvalue weighted by atomic mass is 16.3. The van der Waals surface area contributed by atoms with Crippen LogP contribution >= 0.6 is 0 Å². The Morgan fingerprint density at radius 1 is 1.58 bits per heavy atom. The zero-order chi connectivity index (χ0) is 8.72. The quantitative estimate of drug-likeness (QED) is 0.676. The van der Waals surface area contributed by atoms with Crippen molar-refractivity contribution in [2.45, 2.75) is 26.7 Å². The van der Waals surface area contributed by atoms with Crippen LogP contribution in [0.5, 0.6) is 0 Å². The number of aryl methyl sites for hydroxylation is 1. The van der Waals surface area contributed by atoms with E-state index in [1.54, 1.807) is 0 Å². The summed E-state index contributed by atoms with van der Waals surface area (Å²) >= 11 is 0. The largest absolute Gasteiger partial charge is 0.360 e. The molecule has 1 aromatic heterocycles. The van der Waals surface area contributed by atoms with E-state index in [4.69, 9.17) is 0 Å². The van der Waals surface area contributed by atoms with E-state index in [-0.39, 0.29) is 0 Å². The van der Waals surface area contributed by atoms with Crippen LogP contribution in [0.25, 0.3) is 0 Å². The minimum Gasteiger partial charge on any atom is -0.360 e. The van der Waals surface area contributed by atoms with E-state index in [9.17, 15) is 5.11 Å². The van der Waals surface area contributed by atoms with Crippen molar-refractivity contribution in [2.24, 2.45) is 0 Å². The number of nitrogens with zero attached hydrogens (tertiary/aromatic N) is 2. The van der Waals surface area contributed by atoms with Gasteiger partial charge < -0.3 is 9.67 Å². The molecule has 1 aliphatic rings. The third-order valence-electron chi connectivity index (χ3n) is 2.54. The molecule has 1 aromatic rings. The van der Waals surface area contributed by atoms with Crippen molar-refractivity contribution < 1.29 is 5.11 Å². The summed E-state index contributed by atoms with van der Waals surface area (Å²) in [6.07, 6.45) is -0.444. The molecule has 0 aromatic carbocycles. The van der Waals surface area contributed by atoms with E-state index < -0.39 is 6.35 Å². The fourth-order valence-electron chi connectivity index (χ4n) is 1.79. The van der Waals surface area contributed by atoms with Gasteiger partial charge in [0.1, 0.15) is 0 Å². The Balaban J connectivity index is 2.37. The summed E-state index contributed by atoms with van der Waals surface area (Å²) in [6, 6.07) is 4.12. The predicted octanol–water partition coefficient (Wildman–Crippen LogP) is 1.08. The van der Waals surface area contributed by atoms with Gasteiger partial charge in [0.05, 0.1) is 0 Å². The summed E-state index contributed by atoms with van der Waals surface area (Å²) in [5.74, 6) is 0. The first-order valence-corrected chi connectivity index (χ1v) is 4.33. The van der Waals surface area contributed by atoms with Crippen molar-refractivity contribution in [1.29, 1.82) is 0 Å². The maximum atomic E-state index is 9.80. The van der Waals surface area contributed by atoms with E-state index in [1.165, 1.54) is 5.69 Å². The molecule has 1 aliphatic heterocycles. The number of aliphatic hydroxyl groups is 1. The van der Waals surface area contributed by atoms with Crippen molar-refractivity contribution >= 4 is 0 Å². The van der Waals surface area contributed by atoms with Gasteiger partial charge in [-0.2, -0.15) is 0 Å². The zero-order valence-corrected chi connectivity index (χ0v) is 7.49. The average Bonchev–Trinajstić information content (AvgIpc) is 2.55. The molecule has 3 nitrogen and oxygen atoms in total. The van der Waals surface area contributed by atoms with E-state index in [2.05, 4.69) is 13.0 Å². The normalized spacial score (nSPS) is 23.1. The molecule has 0 aliphatic carbocycles. The van der Waals surface area contributed by atoms with Gasteiger partial charge in [0.15, 0.2) is 6.35 Å². The fourth-order valence-corrected chi connectivity index (χ4v) is 1.79. The van der Waals surface area contributed by atoms with Gasteiger partial charge in [-0.3, -0.25) is 4.90 Å². The standard InChI is InChI=1S/C9H14N2O/c1-3-10-6-8-5-4-7(2)11(8)9(10)12/h4-5,9,12H,3,6H2,1-2H3. The molecule has 3 heteroatoms. The lowest BCUT2D eigenvalue weighted by molar-refractivity contribution is -0.0310. The maximum absolute atomic E-state index is 9.80. The van der Waals surface area contributed by atoms with Crippen LogP contribution in [-0.2, 0) is 6.54 Å². The first-order chi connectivity index (χ1) is 5.74. The zero-order valence-electron chi connectivity index (χ0n) is 7.49. The number of hydrogen-bond acceptors (Lipinski definition) is 2. The van der Waals surface area contributed by atoms with E-state index >= 15 is 0 Å². The molecular formula is C9H14N2O. The van der Waals surface area contributed by atoms with Gasteiger partial charge in [-0.15, -0.1) is 0 Å². The van der Waals surface area contributed by atoms with Crippen molar-refractivity contribution in [1.82, 2.24) is 9.47 Å². The van der Waals surface area contributed by atoms with Crippen LogP contribution in [0.4, 0.5) is 0 Å². The highest BCUT2D eigenvalue weighted by molar-refractivity contribution is 5.18. The van der Waals surface area contributed by atoms with Crippen LogP contribution in [0, 0.1) is 6.92 Å². The second-order valence-corrected chi connectivity index (χ2v) is 3.25. The molecule has 2 rings (SSSR count). The molecule has 0 fully saturated rings. The third kappa shape index (κ3) is 0.901. The molecule has 66 valence electrons. The molecule has 1 atom stereocenters. The molecule has 0 bridgehead atoms. The number of aliphatic hydroxyl groups excluding tert-OH is 1. The Labute approximate surface area is 72.2 Å². The van der Waals surface area contributed by atoms with Crippen molar-refractivity contribution in [2.75, 3.05) is 6.54 Å². The second kappa shape index (κ2) is 2.61. The molecule has 1 N–H and O–H groups in total. The summed E-state index contributed by atoms with van der Waals surface area (Å²) in [5.41, 5.74) is 2.34. The molecule has 0 radical (unpaired) electrons. The van der Waals surface area contributed by atoms with Crippen LogP contribution in [0.2, 0.25) is 0 Å². The van der Waals surface area contributed by atoms with Crippen LogP contribution in [0.15, 0.2) is 12.1 Å². The third-order valence-corrected chi connectivity index (χ3v) is 2.54. The second-order valence-electron chi connectivity index (χ2n) is 3.25. The molecular weight excluding hydrogens is 152 g/mol. The molecule has 2 heterocycles. The van der Waals surface area contributed by atoms with Gasteiger partial charge >= 0.3 is 0 Å². The van der Waals surface area contributed by atoms with Gasteiger partial charge in [0, 0.05) is 17.9 Å². The predicted molar refractivity (Wildman–Crippen MR) is 46.5 cm³/mol. The minimum atomic E-state index is -0.444. The summed E-state index contributed by atoms with van der Waals surface area (Å²) < 4.78 is 1.98. The first-order valence-electron chi connectivity index (χ1n) is 4.33. The molecule has 0 spiro atoms. The number of aromatic nitrogens is 1. The Morgan fingerprint density at radius 2 is 2.33 bits per heavy atom. The molecule has 0 amide bonds. The van der Waals surface area contributed by atoms with Gasteiger partial charge in [-0.1, -0.05) is 6.92 Å². The molecule has 1 unspecified atom stereocenters. The lowest BCUT2D eigenvalue weighted by Gasteiger charge is -2.19. The minimum absolute atomic E-state index is 0.444. The first kappa shape index (κ1) is 7.83. The van der Waals surface area contributed by atoms with Gasteiger partial charge in [0.25, 0.3) is 0 Å². The van der Waals surface area contributed by atoms with E-state index in [0.29, 0.717) is 0 Å². The smallest absolute Gasteiger partial charge is 0.190 e. The van der Waals surface area contributed by atoms with Gasteiger partial charge in [0.2, 0.25) is 0 Å². The van der Waals surface area contributed by atoms with Crippen LogP contribution in [-0.4, -0.2) is 21.1 Å². The maximum Gasteiger partial charge on any atom is 0.190 e. The lowest BCUT2D eigenvalue weighted by atomic mass is 10.4. The highest BCUT2D eigenvalue weighted by Crippen LogP contribution is 2.26. The molecule has 0 saturated carbocycles. The van der Waals surface area contributed by atoms with Crippen molar-refractivity contribution in [3.63, 3.8) is 0 Å². The Morgan fingerprint density at radius 3 is 2.92 bits per heavy atom. The SMILES string of the molecule is CCN1Cc2ccc(C)n2C1O. The topological polar surface area (TPSA) is 28.4 Å². The number of fused-ring (bicyclic) bond motifs is 1. The van der Waals surface area contributed by atoms with E-state index in [1.807, 2.05) is 22.5 Å². The van der Waals surface area contributed by atoms with E-state index in [0.717, 1.165) is 18.8 Å². The Bertz CT molecular complexity index is 293. The number of hydrogen-bond donors (Lipinski definition) is 1. The fraction of sp³-hybridized carbons (Fsp3) is 0.556. The molecule has 0 saturated heterocycles. The molecule has 12 heavy (non-hydrogen) atoms.